The number of benzene rings is 1. The summed E-state index contributed by atoms with van der Waals surface area (Å²) in [6, 6.07) is 8.01. The minimum atomic E-state index is -0.0892. The maximum Gasteiger partial charge on any atom is 0.244 e. The second kappa shape index (κ2) is 6.28. The highest BCUT2D eigenvalue weighted by molar-refractivity contribution is 5.97. The zero-order chi connectivity index (χ0) is 16.5. The molecular formula is C18H22N4O2. The molecule has 6 heteroatoms. The number of fused-ring (bicyclic) bond motifs is 1. The summed E-state index contributed by atoms with van der Waals surface area (Å²) in [6.45, 7) is 2.91. The third-order valence-electron chi connectivity index (χ3n) is 4.84. The molecule has 1 aromatic heterocycles. The molecule has 1 saturated heterocycles. The summed E-state index contributed by atoms with van der Waals surface area (Å²) < 4.78 is 7.58. The number of carbonyl (C=O) groups is 1. The largest absolute Gasteiger partial charge is 0.492 e. The molecule has 0 spiro atoms. The van der Waals surface area contributed by atoms with Gasteiger partial charge in [-0.3, -0.25) is 14.4 Å². The Balaban J connectivity index is 1.56. The Morgan fingerprint density at radius 1 is 1.25 bits per heavy atom. The van der Waals surface area contributed by atoms with Gasteiger partial charge in [0.25, 0.3) is 0 Å². The highest BCUT2D eigenvalue weighted by Gasteiger charge is 2.35. The summed E-state index contributed by atoms with van der Waals surface area (Å²) in [5.41, 5.74) is 2.04. The van der Waals surface area contributed by atoms with Crippen LogP contribution in [0.2, 0.25) is 0 Å². The van der Waals surface area contributed by atoms with E-state index in [4.69, 9.17) is 4.74 Å². The first-order valence-electron chi connectivity index (χ1n) is 8.47. The third-order valence-corrected chi connectivity index (χ3v) is 4.84. The van der Waals surface area contributed by atoms with Gasteiger partial charge in [0.05, 0.1) is 17.9 Å². The van der Waals surface area contributed by atoms with E-state index >= 15 is 0 Å². The molecule has 0 saturated carbocycles. The first kappa shape index (κ1) is 15.2. The van der Waals surface area contributed by atoms with E-state index in [0.29, 0.717) is 6.61 Å². The van der Waals surface area contributed by atoms with Gasteiger partial charge in [-0.2, -0.15) is 5.10 Å². The summed E-state index contributed by atoms with van der Waals surface area (Å²) in [4.78, 5) is 17.2. The van der Waals surface area contributed by atoms with Gasteiger partial charge in [-0.05, 0) is 18.9 Å². The SMILES string of the molecule is Cn1cc(N2CCC[C@H](N3CCOc4ccccc4C3)C2=O)cn1. The normalized spacial score (nSPS) is 22.0. The molecular weight excluding hydrogens is 304 g/mol. The number of rotatable bonds is 2. The topological polar surface area (TPSA) is 50.6 Å². The van der Waals surface area contributed by atoms with Crippen molar-refractivity contribution < 1.29 is 9.53 Å². The van der Waals surface area contributed by atoms with E-state index < -0.39 is 0 Å². The maximum atomic E-state index is 13.1. The minimum absolute atomic E-state index is 0.0892. The van der Waals surface area contributed by atoms with Crippen LogP contribution in [0.3, 0.4) is 0 Å². The lowest BCUT2D eigenvalue weighted by Crippen LogP contribution is -2.52. The fourth-order valence-corrected chi connectivity index (χ4v) is 3.61. The lowest BCUT2D eigenvalue weighted by atomic mass is 10.0. The molecule has 2 aliphatic rings. The fraction of sp³-hybridized carbons (Fsp3) is 0.444. The van der Waals surface area contributed by atoms with Gasteiger partial charge in [0.2, 0.25) is 5.91 Å². The molecule has 2 aliphatic heterocycles. The van der Waals surface area contributed by atoms with Crippen molar-refractivity contribution in [2.45, 2.75) is 25.4 Å². The number of hydrogen-bond acceptors (Lipinski definition) is 4. The summed E-state index contributed by atoms with van der Waals surface area (Å²) in [5.74, 6) is 1.11. The van der Waals surface area contributed by atoms with Crippen LogP contribution >= 0.6 is 0 Å². The number of anilines is 1. The van der Waals surface area contributed by atoms with Crippen molar-refractivity contribution in [3.63, 3.8) is 0 Å². The van der Waals surface area contributed by atoms with Crippen molar-refractivity contribution in [1.82, 2.24) is 14.7 Å². The van der Waals surface area contributed by atoms with Crippen LogP contribution in [-0.2, 0) is 18.4 Å². The van der Waals surface area contributed by atoms with Gasteiger partial charge in [0.15, 0.2) is 0 Å². The number of aryl methyl sites for hydroxylation is 1. The van der Waals surface area contributed by atoms with Crippen molar-refractivity contribution in [3.05, 3.63) is 42.2 Å². The summed E-state index contributed by atoms with van der Waals surface area (Å²) in [7, 11) is 1.87. The van der Waals surface area contributed by atoms with Crippen molar-refractivity contribution in [2.24, 2.45) is 7.05 Å². The Morgan fingerprint density at radius 2 is 2.12 bits per heavy atom. The average Bonchev–Trinajstić information content (AvgIpc) is 2.90. The van der Waals surface area contributed by atoms with E-state index in [1.54, 1.807) is 10.9 Å². The molecule has 126 valence electrons. The van der Waals surface area contributed by atoms with Crippen LogP contribution in [0.4, 0.5) is 5.69 Å². The molecule has 1 atom stereocenters. The Kier molecular flexibility index (Phi) is 3.98. The number of carbonyl (C=O) groups excluding carboxylic acids is 1. The van der Waals surface area contributed by atoms with Crippen molar-refractivity contribution in [3.8, 4) is 5.75 Å². The summed E-state index contributed by atoms with van der Waals surface area (Å²) >= 11 is 0. The number of nitrogens with zero attached hydrogens (tertiary/aromatic N) is 4. The van der Waals surface area contributed by atoms with Crippen molar-refractivity contribution in [1.29, 1.82) is 0 Å². The van der Waals surface area contributed by atoms with Crippen LogP contribution in [-0.4, -0.2) is 46.3 Å². The van der Waals surface area contributed by atoms with Gasteiger partial charge in [-0.25, -0.2) is 0 Å². The number of hydrogen-bond donors (Lipinski definition) is 0. The van der Waals surface area contributed by atoms with Crippen LogP contribution in [0, 0.1) is 0 Å². The quantitative estimate of drug-likeness (QED) is 0.844. The zero-order valence-electron chi connectivity index (χ0n) is 13.9. The molecule has 1 fully saturated rings. The molecule has 0 N–H and O–H groups in total. The van der Waals surface area contributed by atoms with Crippen LogP contribution < -0.4 is 9.64 Å². The fourth-order valence-electron chi connectivity index (χ4n) is 3.61. The van der Waals surface area contributed by atoms with Crippen LogP contribution in [0.25, 0.3) is 0 Å². The van der Waals surface area contributed by atoms with Gasteiger partial charge in [-0.15, -0.1) is 0 Å². The minimum Gasteiger partial charge on any atom is -0.492 e. The summed E-state index contributed by atoms with van der Waals surface area (Å²) in [5, 5.41) is 4.20. The number of aromatic nitrogens is 2. The van der Waals surface area contributed by atoms with Crippen LogP contribution in [0.15, 0.2) is 36.7 Å². The van der Waals surface area contributed by atoms with Crippen LogP contribution in [0.5, 0.6) is 5.75 Å². The number of piperidine rings is 1. The van der Waals surface area contributed by atoms with E-state index in [-0.39, 0.29) is 11.9 Å². The van der Waals surface area contributed by atoms with E-state index in [9.17, 15) is 4.79 Å². The van der Waals surface area contributed by atoms with E-state index in [0.717, 1.165) is 49.5 Å². The number of amides is 1. The Morgan fingerprint density at radius 3 is 2.96 bits per heavy atom. The first-order chi connectivity index (χ1) is 11.7. The molecule has 0 bridgehead atoms. The molecule has 0 radical (unpaired) electrons. The molecule has 0 aliphatic carbocycles. The standard InChI is InChI=1S/C18H22N4O2/c1-20-13-15(11-19-20)22-8-4-6-16(18(22)23)21-9-10-24-17-7-3-2-5-14(17)12-21/h2-3,5,7,11,13,16H,4,6,8-10,12H2,1H3/t16-/m0/s1. The highest BCUT2D eigenvalue weighted by Crippen LogP contribution is 2.28. The maximum absolute atomic E-state index is 13.1. The smallest absolute Gasteiger partial charge is 0.244 e. The lowest BCUT2D eigenvalue weighted by molar-refractivity contribution is -0.125. The van der Waals surface area contributed by atoms with Gasteiger partial charge < -0.3 is 9.64 Å². The molecule has 1 amide bonds. The van der Waals surface area contributed by atoms with E-state index in [2.05, 4.69) is 16.1 Å². The second-order valence-electron chi connectivity index (χ2n) is 6.45. The number of ether oxygens (including phenoxy) is 1. The van der Waals surface area contributed by atoms with Gasteiger partial charge in [0, 0.05) is 38.4 Å². The van der Waals surface area contributed by atoms with Crippen molar-refractivity contribution >= 4 is 11.6 Å². The highest BCUT2D eigenvalue weighted by atomic mass is 16.5. The van der Waals surface area contributed by atoms with Gasteiger partial charge in [-0.1, -0.05) is 18.2 Å². The third kappa shape index (κ3) is 2.78. The molecule has 0 unspecified atom stereocenters. The van der Waals surface area contributed by atoms with E-state index in [1.807, 2.05) is 36.3 Å². The average molecular weight is 326 g/mol. The lowest BCUT2D eigenvalue weighted by Gasteiger charge is -2.37. The van der Waals surface area contributed by atoms with Crippen LogP contribution in [0.1, 0.15) is 18.4 Å². The molecule has 1 aromatic carbocycles. The summed E-state index contributed by atoms with van der Waals surface area (Å²) in [6.07, 6.45) is 5.57. The molecule has 6 nitrogen and oxygen atoms in total. The van der Waals surface area contributed by atoms with Gasteiger partial charge >= 0.3 is 0 Å². The predicted octanol–water partition coefficient (Wildman–Crippen LogP) is 1.81. The molecule has 2 aromatic rings. The van der Waals surface area contributed by atoms with Gasteiger partial charge in [0.1, 0.15) is 12.4 Å². The number of para-hydroxylation sites is 1. The molecule has 24 heavy (non-hydrogen) atoms. The Hall–Kier alpha value is -2.34. The molecule has 3 heterocycles. The predicted molar refractivity (Wildman–Crippen MR) is 90.9 cm³/mol. The zero-order valence-corrected chi connectivity index (χ0v) is 13.9. The Labute approximate surface area is 141 Å². The molecule has 4 rings (SSSR count). The Bertz CT molecular complexity index is 742. The van der Waals surface area contributed by atoms with Crippen molar-refractivity contribution in [2.75, 3.05) is 24.6 Å². The second-order valence-corrected chi connectivity index (χ2v) is 6.45. The van der Waals surface area contributed by atoms with E-state index in [1.165, 1.54) is 0 Å². The monoisotopic (exact) mass is 326 g/mol. The first-order valence-corrected chi connectivity index (χ1v) is 8.47.